The van der Waals surface area contributed by atoms with E-state index in [9.17, 15) is 4.79 Å². The summed E-state index contributed by atoms with van der Waals surface area (Å²) >= 11 is 0. The van der Waals surface area contributed by atoms with Crippen LogP contribution in [0, 0.1) is 20.8 Å². The predicted octanol–water partition coefficient (Wildman–Crippen LogP) is 2.17. The van der Waals surface area contributed by atoms with Crippen LogP contribution in [0.4, 0.5) is 0 Å². The largest absolute Gasteiger partial charge is 0.382 e. The molecule has 2 aromatic rings. The van der Waals surface area contributed by atoms with Gasteiger partial charge in [-0.15, -0.1) is 0 Å². The number of aromatic nitrogens is 2. The molecule has 24 heavy (non-hydrogen) atoms. The number of ether oxygens (including phenoxy) is 2. The molecule has 2 rings (SSSR count). The van der Waals surface area contributed by atoms with Crippen molar-refractivity contribution in [1.29, 1.82) is 0 Å². The molecule has 7 nitrogen and oxygen atoms in total. The lowest BCUT2D eigenvalue weighted by atomic mass is 10.2. The first-order valence-electron chi connectivity index (χ1n) is 8.02. The lowest BCUT2D eigenvalue weighted by molar-refractivity contribution is 0.0688. The van der Waals surface area contributed by atoms with Crippen LogP contribution in [0.5, 0.6) is 0 Å². The maximum Gasteiger partial charge on any atom is 0.253 e. The van der Waals surface area contributed by atoms with Gasteiger partial charge in [0.25, 0.3) is 5.91 Å². The summed E-state index contributed by atoms with van der Waals surface area (Å²) in [6.07, 6.45) is 0.761. The fourth-order valence-electron chi connectivity index (χ4n) is 2.52. The zero-order valence-corrected chi connectivity index (χ0v) is 14.7. The monoisotopic (exact) mass is 335 g/mol. The minimum Gasteiger partial charge on any atom is -0.382 e. The number of amides is 1. The molecular weight excluding hydrogens is 310 g/mol. The molecule has 0 fully saturated rings. The second kappa shape index (κ2) is 8.65. The van der Waals surface area contributed by atoms with Crippen molar-refractivity contribution in [2.45, 2.75) is 27.2 Å². The van der Waals surface area contributed by atoms with Crippen LogP contribution in [-0.2, 0) is 9.47 Å². The molecule has 0 aromatic carbocycles. The van der Waals surface area contributed by atoms with Gasteiger partial charge in [-0.25, -0.2) is 0 Å². The Bertz CT molecular complexity index is 675. The lowest BCUT2D eigenvalue weighted by Gasteiger charge is -2.07. The highest BCUT2D eigenvalue weighted by molar-refractivity contribution is 5.95. The summed E-state index contributed by atoms with van der Waals surface area (Å²) in [5.74, 6) is 1.33. The summed E-state index contributed by atoms with van der Waals surface area (Å²) in [4.78, 5) is 12.4. The molecule has 0 aliphatic carbocycles. The molecule has 1 amide bonds. The summed E-state index contributed by atoms with van der Waals surface area (Å²) in [5, 5.41) is 6.94. The van der Waals surface area contributed by atoms with E-state index in [1.807, 2.05) is 37.5 Å². The fourth-order valence-corrected chi connectivity index (χ4v) is 2.52. The molecule has 1 N–H and O–H groups in total. The topological polar surface area (TPSA) is 78.5 Å². The van der Waals surface area contributed by atoms with E-state index in [0.29, 0.717) is 37.7 Å². The van der Waals surface area contributed by atoms with Crippen LogP contribution >= 0.6 is 0 Å². The Morgan fingerprint density at radius 3 is 2.71 bits per heavy atom. The fraction of sp³-hybridized carbons (Fsp3) is 0.529. The first kappa shape index (κ1) is 18.2. The number of hydrogen-bond donors (Lipinski definition) is 1. The highest BCUT2D eigenvalue weighted by Crippen LogP contribution is 2.20. The Kier molecular flexibility index (Phi) is 6.57. The average Bonchev–Trinajstić information content (AvgIpc) is 3.09. The zero-order valence-electron chi connectivity index (χ0n) is 14.7. The SMILES string of the molecule is COCCOCCCNC(=O)c1cc(C)n(-c2cc(C)on2)c1C. The van der Waals surface area contributed by atoms with E-state index in [0.717, 1.165) is 23.6 Å². The molecule has 7 heteroatoms. The minimum atomic E-state index is -0.0912. The summed E-state index contributed by atoms with van der Waals surface area (Å²) in [6, 6.07) is 3.71. The maximum absolute atomic E-state index is 12.4. The number of nitrogens with one attached hydrogen (secondary N) is 1. The third kappa shape index (κ3) is 4.46. The zero-order chi connectivity index (χ0) is 17.5. The first-order valence-corrected chi connectivity index (χ1v) is 8.02. The molecule has 0 radical (unpaired) electrons. The standard InChI is InChI=1S/C17H25N3O4/c1-12-10-15(14(3)20(12)16-11-13(2)24-19-16)17(21)18-6-5-7-23-9-8-22-4/h10-11H,5-9H2,1-4H3,(H,18,21). The minimum absolute atomic E-state index is 0.0912. The van der Waals surface area contributed by atoms with Crippen LogP contribution in [0.1, 0.15) is 33.9 Å². The summed E-state index contributed by atoms with van der Waals surface area (Å²) in [7, 11) is 1.64. The molecule has 0 aliphatic heterocycles. The van der Waals surface area contributed by atoms with Gasteiger partial charge in [-0.3, -0.25) is 9.36 Å². The Morgan fingerprint density at radius 1 is 1.25 bits per heavy atom. The van der Waals surface area contributed by atoms with Gasteiger partial charge in [-0.1, -0.05) is 5.16 Å². The van der Waals surface area contributed by atoms with Crippen LogP contribution in [0.25, 0.3) is 5.82 Å². The molecule has 0 aliphatic rings. The van der Waals surface area contributed by atoms with Crippen molar-refractivity contribution in [3.63, 3.8) is 0 Å². The number of nitrogens with zero attached hydrogens (tertiary/aromatic N) is 2. The van der Waals surface area contributed by atoms with Crippen LogP contribution in [0.3, 0.4) is 0 Å². The van der Waals surface area contributed by atoms with Crippen molar-refractivity contribution >= 4 is 5.91 Å². The summed E-state index contributed by atoms with van der Waals surface area (Å²) in [5.41, 5.74) is 2.43. The van der Waals surface area contributed by atoms with Crippen molar-refractivity contribution in [3.05, 3.63) is 34.8 Å². The van der Waals surface area contributed by atoms with Crippen molar-refractivity contribution in [2.75, 3.05) is 33.5 Å². The van der Waals surface area contributed by atoms with Crippen molar-refractivity contribution in [1.82, 2.24) is 15.0 Å². The Morgan fingerprint density at radius 2 is 2.04 bits per heavy atom. The van der Waals surface area contributed by atoms with Gasteiger partial charge in [0, 0.05) is 37.7 Å². The highest BCUT2D eigenvalue weighted by Gasteiger charge is 2.18. The number of rotatable bonds is 9. The molecule has 0 bridgehead atoms. The van der Waals surface area contributed by atoms with Crippen molar-refractivity contribution in [2.24, 2.45) is 0 Å². The lowest BCUT2D eigenvalue weighted by Crippen LogP contribution is -2.25. The van der Waals surface area contributed by atoms with Crippen LogP contribution < -0.4 is 5.32 Å². The second-order valence-electron chi connectivity index (χ2n) is 5.63. The molecule has 132 valence electrons. The van der Waals surface area contributed by atoms with Gasteiger partial charge >= 0.3 is 0 Å². The van der Waals surface area contributed by atoms with E-state index in [1.54, 1.807) is 7.11 Å². The molecule has 0 saturated heterocycles. The molecule has 0 saturated carbocycles. The van der Waals surface area contributed by atoms with Gasteiger partial charge in [-0.2, -0.15) is 0 Å². The number of hydrogen-bond acceptors (Lipinski definition) is 5. The third-order valence-corrected chi connectivity index (χ3v) is 3.70. The van der Waals surface area contributed by atoms with Gasteiger partial charge in [0.1, 0.15) is 5.76 Å². The number of carbonyl (C=O) groups excluding carboxylic acids is 1. The van der Waals surface area contributed by atoms with Crippen molar-refractivity contribution < 1.29 is 18.8 Å². The quantitative estimate of drug-likeness (QED) is 0.711. The van der Waals surface area contributed by atoms with Gasteiger partial charge in [0.2, 0.25) is 0 Å². The number of aryl methyl sites for hydroxylation is 2. The van der Waals surface area contributed by atoms with Gasteiger partial charge in [0.15, 0.2) is 5.82 Å². The van der Waals surface area contributed by atoms with Gasteiger partial charge in [-0.05, 0) is 33.3 Å². The first-order chi connectivity index (χ1) is 11.5. The predicted molar refractivity (Wildman–Crippen MR) is 89.7 cm³/mol. The average molecular weight is 335 g/mol. The van der Waals surface area contributed by atoms with Crippen LogP contribution in [-0.4, -0.2) is 49.1 Å². The smallest absolute Gasteiger partial charge is 0.253 e. The van der Waals surface area contributed by atoms with Gasteiger partial charge < -0.3 is 19.3 Å². The molecule has 0 atom stereocenters. The van der Waals surface area contributed by atoms with E-state index >= 15 is 0 Å². The maximum atomic E-state index is 12.4. The Labute approximate surface area is 141 Å². The number of carbonyl (C=O) groups is 1. The Balaban J connectivity index is 1.91. The van der Waals surface area contributed by atoms with E-state index in [2.05, 4.69) is 10.5 Å². The summed E-state index contributed by atoms with van der Waals surface area (Å²) in [6.45, 7) is 8.01. The van der Waals surface area contributed by atoms with E-state index < -0.39 is 0 Å². The molecular formula is C17H25N3O4. The second-order valence-corrected chi connectivity index (χ2v) is 5.63. The third-order valence-electron chi connectivity index (χ3n) is 3.70. The molecule has 0 spiro atoms. The molecule has 2 aromatic heterocycles. The molecule has 0 unspecified atom stereocenters. The van der Waals surface area contributed by atoms with Crippen LogP contribution in [0.15, 0.2) is 16.7 Å². The van der Waals surface area contributed by atoms with E-state index in [4.69, 9.17) is 14.0 Å². The Hall–Kier alpha value is -2.12. The normalized spacial score (nSPS) is 11.0. The highest BCUT2D eigenvalue weighted by atomic mass is 16.5. The van der Waals surface area contributed by atoms with E-state index in [1.165, 1.54) is 0 Å². The molecule has 2 heterocycles. The van der Waals surface area contributed by atoms with Gasteiger partial charge in [0.05, 0.1) is 18.8 Å². The van der Waals surface area contributed by atoms with Crippen LogP contribution in [0.2, 0.25) is 0 Å². The van der Waals surface area contributed by atoms with Crippen molar-refractivity contribution in [3.8, 4) is 5.82 Å². The summed E-state index contributed by atoms with van der Waals surface area (Å²) < 4.78 is 17.3. The van der Waals surface area contributed by atoms with E-state index in [-0.39, 0.29) is 5.91 Å². The number of methoxy groups -OCH3 is 1.